The van der Waals surface area contributed by atoms with Crippen molar-refractivity contribution < 1.29 is 17.7 Å². The largest absolute Gasteiger partial charge is 0.382 e. The van der Waals surface area contributed by atoms with E-state index in [1.807, 2.05) is 6.07 Å². The molecule has 0 heterocycles. The predicted molar refractivity (Wildman–Crippen MR) is 87.4 cm³/mol. The van der Waals surface area contributed by atoms with Crippen LogP contribution in [0.5, 0.6) is 0 Å². The van der Waals surface area contributed by atoms with Crippen LogP contribution < -0.4 is 5.32 Å². The minimum Gasteiger partial charge on any atom is -0.382 e. The zero-order valence-electron chi connectivity index (χ0n) is 12.8. The van der Waals surface area contributed by atoms with E-state index in [4.69, 9.17) is 0 Å². The van der Waals surface area contributed by atoms with E-state index in [2.05, 4.69) is 5.32 Å². The number of hydrogen-bond donors (Lipinski definition) is 1. The molecular weight excluding hydrogens is 335 g/mol. The second-order valence-corrected chi connectivity index (χ2v) is 7.84. The molecule has 6 nitrogen and oxygen atoms in total. The smallest absolute Gasteiger partial charge is 0.288 e. The first-order valence-corrected chi connectivity index (χ1v) is 9.15. The van der Waals surface area contributed by atoms with Gasteiger partial charge in [0.25, 0.3) is 5.69 Å². The molecule has 0 aromatic heterocycles. The first-order chi connectivity index (χ1) is 11.3. The van der Waals surface area contributed by atoms with E-state index in [1.165, 1.54) is 30.3 Å². The average molecular weight is 350 g/mol. The minimum atomic E-state index is -3.72. The number of nitrogens with one attached hydrogen (secondary N) is 1. The van der Waals surface area contributed by atoms with Crippen molar-refractivity contribution in [1.82, 2.24) is 0 Å². The number of hydrogen-bond acceptors (Lipinski definition) is 5. The van der Waals surface area contributed by atoms with Crippen molar-refractivity contribution in [3.8, 4) is 0 Å². The lowest BCUT2D eigenvalue weighted by Crippen LogP contribution is -2.07. The Balaban J connectivity index is 1.81. The van der Waals surface area contributed by atoms with Crippen molar-refractivity contribution in [1.29, 1.82) is 0 Å². The number of nitro groups is 1. The molecule has 0 radical (unpaired) electrons. The molecular formula is C16H15FN2O4S. The van der Waals surface area contributed by atoms with E-state index in [9.17, 15) is 22.9 Å². The van der Waals surface area contributed by atoms with Crippen molar-refractivity contribution in [3.63, 3.8) is 0 Å². The van der Waals surface area contributed by atoms with Crippen LogP contribution in [0.25, 0.3) is 0 Å². The van der Waals surface area contributed by atoms with Gasteiger partial charge in [-0.1, -0.05) is 12.1 Å². The Hall–Kier alpha value is -2.48. The Morgan fingerprint density at radius 2 is 2.00 bits per heavy atom. The molecule has 0 spiro atoms. The Morgan fingerprint density at radius 1 is 1.25 bits per heavy atom. The highest BCUT2D eigenvalue weighted by Crippen LogP contribution is 2.43. The van der Waals surface area contributed by atoms with Gasteiger partial charge in [0.05, 0.1) is 4.92 Å². The number of nitro benzene ring substituents is 1. The fourth-order valence-corrected chi connectivity index (χ4v) is 3.59. The molecule has 126 valence electrons. The summed E-state index contributed by atoms with van der Waals surface area (Å²) in [6, 6.07) is 10.3. The van der Waals surface area contributed by atoms with E-state index < -0.39 is 20.4 Å². The van der Waals surface area contributed by atoms with Crippen LogP contribution in [0.3, 0.4) is 0 Å². The fraction of sp³-hybridized carbons (Fsp3) is 0.250. The van der Waals surface area contributed by atoms with Gasteiger partial charge in [-0.2, -0.15) is 0 Å². The molecule has 1 saturated carbocycles. The van der Waals surface area contributed by atoms with Gasteiger partial charge in [-0.15, -0.1) is 0 Å². The van der Waals surface area contributed by atoms with Gasteiger partial charge in [0.2, 0.25) is 0 Å². The quantitative estimate of drug-likeness (QED) is 0.661. The monoisotopic (exact) mass is 350 g/mol. The Bertz CT molecular complexity index is 914. The molecule has 3 rings (SSSR count). The van der Waals surface area contributed by atoms with E-state index in [-0.39, 0.29) is 22.7 Å². The van der Waals surface area contributed by atoms with E-state index in [1.54, 1.807) is 6.07 Å². The molecule has 0 saturated heterocycles. The van der Waals surface area contributed by atoms with Crippen LogP contribution in [0.4, 0.5) is 15.8 Å². The normalized spacial score (nSPS) is 19.8. The zero-order valence-corrected chi connectivity index (χ0v) is 13.6. The molecule has 2 aromatic carbocycles. The van der Waals surface area contributed by atoms with Gasteiger partial charge in [-0.25, -0.2) is 12.8 Å². The Labute approximate surface area is 138 Å². The fourth-order valence-electron chi connectivity index (χ4n) is 2.73. The third-order valence-corrected chi connectivity index (χ3v) is 5.10. The standard InChI is InChI=1S/C16H15FN2O4S/c1-24(22,23)16-8-12(5-6-15(16)19(20)21)18-14-9-13(14)10-3-2-4-11(17)7-10/h2-8,13-14,18H,9H2,1H3/t13-,14+/m0/s1. The predicted octanol–water partition coefficient (Wildman–Crippen LogP) is 3.11. The molecule has 24 heavy (non-hydrogen) atoms. The second-order valence-electron chi connectivity index (χ2n) is 5.86. The topological polar surface area (TPSA) is 89.3 Å². The van der Waals surface area contributed by atoms with Crippen molar-refractivity contribution in [2.75, 3.05) is 11.6 Å². The summed E-state index contributed by atoms with van der Waals surface area (Å²) >= 11 is 0. The third-order valence-electron chi connectivity index (χ3n) is 3.98. The molecule has 1 aliphatic carbocycles. The van der Waals surface area contributed by atoms with Crippen molar-refractivity contribution >= 4 is 21.2 Å². The van der Waals surface area contributed by atoms with Crippen LogP contribution >= 0.6 is 0 Å². The number of halogens is 1. The minimum absolute atomic E-state index is 0.0423. The van der Waals surface area contributed by atoms with Gasteiger partial charge in [-0.3, -0.25) is 10.1 Å². The molecule has 0 bridgehead atoms. The lowest BCUT2D eigenvalue weighted by Gasteiger charge is -2.08. The second kappa shape index (κ2) is 5.86. The summed E-state index contributed by atoms with van der Waals surface area (Å²) in [5.74, 6) is -0.162. The molecule has 0 unspecified atom stereocenters. The first kappa shape index (κ1) is 16.4. The maximum absolute atomic E-state index is 13.3. The van der Waals surface area contributed by atoms with Crippen LogP contribution in [-0.4, -0.2) is 25.6 Å². The van der Waals surface area contributed by atoms with Crippen LogP contribution in [0, 0.1) is 15.9 Å². The molecule has 0 aliphatic heterocycles. The lowest BCUT2D eigenvalue weighted by molar-refractivity contribution is -0.387. The molecule has 1 aliphatic rings. The zero-order chi connectivity index (χ0) is 17.5. The summed E-state index contributed by atoms with van der Waals surface area (Å²) in [6.07, 6.45) is 1.72. The van der Waals surface area contributed by atoms with Crippen LogP contribution in [-0.2, 0) is 9.84 Å². The highest BCUT2D eigenvalue weighted by atomic mass is 32.2. The summed E-state index contributed by atoms with van der Waals surface area (Å²) in [5, 5.41) is 14.1. The SMILES string of the molecule is CS(=O)(=O)c1cc(N[C@@H]2C[C@H]2c2cccc(F)c2)ccc1[N+](=O)[O-]. The number of benzene rings is 2. The van der Waals surface area contributed by atoms with E-state index >= 15 is 0 Å². The van der Waals surface area contributed by atoms with Gasteiger partial charge in [0, 0.05) is 30.0 Å². The van der Waals surface area contributed by atoms with Gasteiger partial charge >= 0.3 is 0 Å². The number of anilines is 1. The number of nitrogens with zero attached hydrogens (tertiary/aromatic N) is 1. The molecule has 2 atom stereocenters. The summed E-state index contributed by atoms with van der Waals surface area (Å²) < 4.78 is 36.8. The maximum Gasteiger partial charge on any atom is 0.288 e. The summed E-state index contributed by atoms with van der Waals surface area (Å²) in [6.45, 7) is 0. The van der Waals surface area contributed by atoms with Gasteiger partial charge in [0.1, 0.15) is 10.7 Å². The highest BCUT2D eigenvalue weighted by Gasteiger charge is 2.38. The van der Waals surface area contributed by atoms with Crippen molar-refractivity contribution in [3.05, 3.63) is 64.0 Å². The molecule has 1 fully saturated rings. The van der Waals surface area contributed by atoms with E-state index in [0.717, 1.165) is 18.2 Å². The third kappa shape index (κ3) is 3.38. The molecule has 0 amide bonds. The molecule has 8 heteroatoms. The number of rotatable bonds is 5. The summed E-state index contributed by atoms with van der Waals surface area (Å²) in [5.41, 5.74) is 0.920. The van der Waals surface area contributed by atoms with Crippen LogP contribution in [0.2, 0.25) is 0 Å². The van der Waals surface area contributed by atoms with E-state index in [0.29, 0.717) is 5.69 Å². The summed E-state index contributed by atoms with van der Waals surface area (Å²) in [4.78, 5) is 9.93. The maximum atomic E-state index is 13.3. The van der Waals surface area contributed by atoms with Crippen LogP contribution in [0.1, 0.15) is 17.9 Å². The lowest BCUT2D eigenvalue weighted by atomic mass is 10.1. The average Bonchev–Trinajstić information content (AvgIpc) is 3.25. The molecule has 2 aromatic rings. The van der Waals surface area contributed by atoms with Crippen molar-refractivity contribution in [2.45, 2.75) is 23.3 Å². The van der Waals surface area contributed by atoms with Gasteiger partial charge < -0.3 is 5.32 Å². The summed E-state index contributed by atoms with van der Waals surface area (Å²) in [7, 11) is -3.72. The van der Waals surface area contributed by atoms with Crippen molar-refractivity contribution in [2.24, 2.45) is 0 Å². The Morgan fingerprint density at radius 3 is 2.62 bits per heavy atom. The van der Waals surface area contributed by atoms with Gasteiger partial charge in [0.15, 0.2) is 9.84 Å². The Kier molecular flexibility index (Phi) is 4.00. The van der Waals surface area contributed by atoms with Crippen LogP contribution in [0.15, 0.2) is 47.4 Å². The molecule has 1 N–H and O–H groups in total. The number of sulfone groups is 1. The van der Waals surface area contributed by atoms with Gasteiger partial charge in [-0.05, 0) is 36.2 Å². The highest BCUT2D eigenvalue weighted by molar-refractivity contribution is 7.90. The first-order valence-electron chi connectivity index (χ1n) is 7.26.